The number of hydrogen-bond acceptors (Lipinski definition) is 3. The zero-order valence-electron chi connectivity index (χ0n) is 15.9. The molecule has 3 aromatic carbocycles. The van der Waals surface area contributed by atoms with Crippen molar-refractivity contribution in [3.05, 3.63) is 60.2 Å². The Hall–Kier alpha value is -2.40. The maximum atomic E-state index is 9.58. The van der Waals surface area contributed by atoms with Gasteiger partial charge in [-0.1, -0.05) is 48.5 Å². The number of aliphatic hydroxyl groups excluding tert-OH is 2. The minimum absolute atomic E-state index is 0.110. The molecule has 0 aliphatic rings. The monoisotopic (exact) mass is 362 g/mol. The summed E-state index contributed by atoms with van der Waals surface area (Å²) in [4.78, 5) is 0. The highest BCUT2D eigenvalue weighted by Gasteiger charge is 2.22. The third-order valence-corrected chi connectivity index (χ3v) is 5.58. The summed E-state index contributed by atoms with van der Waals surface area (Å²) in [6, 6.07) is 19.3. The summed E-state index contributed by atoms with van der Waals surface area (Å²) < 4.78 is 2.36. The molecule has 0 unspecified atom stereocenters. The van der Waals surface area contributed by atoms with Gasteiger partial charge in [0.25, 0.3) is 0 Å². The molecule has 1 aromatic heterocycles. The van der Waals surface area contributed by atoms with Crippen molar-refractivity contribution in [2.75, 3.05) is 13.2 Å². The van der Waals surface area contributed by atoms with Gasteiger partial charge in [0, 0.05) is 29.4 Å². The van der Waals surface area contributed by atoms with Gasteiger partial charge in [-0.25, -0.2) is 0 Å². The first-order valence-electron chi connectivity index (χ1n) is 9.50. The summed E-state index contributed by atoms with van der Waals surface area (Å²) in [5.41, 5.74) is 2.93. The quantitative estimate of drug-likeness (QED) is 0.489. The van der Waals surface area contributed by atoms with Gasteiger partial charge in [-0.05, 0) is 36.2 Å². The lowest BCUT2D eigenvalue weighted by Gasteiger charge is -2.26. The SMILES string of the molecule is CCn1c2ccc3ccccc3c2c2cccc(CNC(C)(CO)CO)c21. The van der Waals surface area contributed by atoms with Crippen LogP contribution in [0.4, 0.5) is 0 Å². The maximum Gasteiger partial charge on any atom is 0.0633 e. The van der Waals surface area contributed by atoms with E-state index in [1.54, 1.807) is 0 Å². The van der Waals surface area contributed by atoms with Crippen LogP contribution < -0.4 is 5.32 Å². The first-order valence-corrected chi connectivity index (χ1v) is 9.50. The number of aryl methyl sites for hydroxylation is 1. The largest absolute Gasteiger partial charge is 0.394 e. The second kappa shape index (κ2) is 6.97. The minimum atomic E-state index is -0.697. The molecule has 27 heavy (non-hydrogen) atoms. The van der Waals surface area contributed by atoms with Gasteiger partial charge in [0.05, 0.1) is 24.3 Å². The number of aromatic nitrogens is 1. The lowest BCUT2D eigenvalue weighted by molar-refractivity contribution is 0.103. The molecular weight excluding hydrogens is 336 g/mol. The van der Waals surface area contributed by atoms with Gasteiger partial charge >= 0.3 is 0 Å². The molecule has 140 valence electrons. The van der Waals surface area contributed by atoms with Gasteiger partial charge in [-0.15, -0.1) is 0 Å². The fourth-order valence-electron chi connectivity index (χ4n) is 3.94. The molecule has 4 heteroatoms. The lowest BCUT2D eigenvalue weighted by atomic mass is 10.0. The van der Waals surface area contributed by atoms with Crippen molar-refractivity contribution in [1.82, 2.24) is 9.88 Å². The van der Waals surface area contributed by atoms with Crippen LogP contribution in [0.15, 0.2) is 54.6 Å². The molecule has 0 saturated carbocycles. The number of para-hydroxylation sites is 1. The van der Waals surface area contributed by atoms with Crippen molar-refractivity contribution in [3.63, 3.8) is 0 Å². The van der Waals surface area contributed by atoms with Crippen LogP contribution in [0.1, 0.15) is 19.4 Å². The lowest BCUT2D eigenvalue weighted by Crippen LogP contribution is -2.48. The van der Waals surface area contributed by atoms with E-state index < -0.39 is 5.54 Å². The zero-order valence-corrected chi connectivity index (χ0v) is 15.9. The fraction of sp³-hybridized carbons (Fsp3) is 0.304. The van der Waals surface area contributed by atoms with E-state index in [0.29, 0.717) is 6.54 Å². The predicted molar refractivity (Wildman–Crippen MR) is 112 cm³/mol. The van der Waals surface area contributed by atoms with Crippen molar-refractivity contribution < 1.29 is 10.2 Å². The highest BCUT2D eigenvalue weighted by Crippen LogP contribution is 2.36. The smallest absolute Gasteiger partial charge is 0.0633 e. The van der Waals surface area contributed by atoms with Gasteiger partial charge in [0.15, 0.2) is 0 Å². The molecule has 3 N–H and O–H groups in total. The van der Waals surface area contributed by atoms with E-state index in [4.69, 9.17) is 0 Å². The average Bonchev–Trinajstić information content (AvgIpc) is 3.06. The van der Waals surface area contributed by atoms with Crippen LogP contribution in [0.3, 0.4) is 0 Å². The Morgan fingerprint density at radius 3 is 2.41 bits per heavy atom. The van der Waals surface area contributed by atoms with Gasteiger partial charge in [-0.2, -0.15) is 0 Å². The third kappa shape index (κ3) is 2.90. The van der Waals surface area contributed by atoms with Crippen molar-refractivity contribution in [1.29, 1.82) is 0 Å². The summed E-state index contributed by atoms with van der Waals surface area (Å²) in [7, 11) is 0. The molecule has 1 heterocycles. The van der Waals surface area contributed by atoms with E-state index in [0.717, 1.165) is 6.54 Å². The summed E-state index contributed by atoms with van der Waals surface area (Å²) in [5, 5.41) is 27.5. The molecule has 4 rings (SSSR count). The van der Waals surface area contributed by atoms with E-state index >= 15 is 0 Å². The first-order chi connectivity index (χ1) is 13.1. The van der Waals surface area contributed by atoms with Crippen molar-refractivity contribution in [2.45, 2.75) is 32.5 Å². The average molecular weight is 362 g/mol. The Bertz CT molecular complexity index is 1110. The van der Waals surface area contributed by atoms with Gasteiger partial charge in [-0.3, -0.25) is 0 Å². The molecule has 0 fully saturated rings. The highest BCUT2D eigenvalue weighted by atomic mass is 16.3. The molecule has 4 aromatic rings. The Balaban J connectivity index is 1.96. The maximum absolute atomic E-state index is 9.58. The van der Waals surface area contributed by atoms with Crippen LogP contribution in [0, 0.1) is 0 Å². The van der Waals surface area contributed by atoms with Gasteiger partial charge < -0.3 is 20.1 Å². The van der Waals surface area contributed by atoms with E-state index in [2.05, 4.69) is 71.4 Å². The number of benzene rings is 3. The number of nitrogens with zero attached hydrogens (tertiary/aromatic N) is 1. The fourth-order valence-corrected chi connectivity index (χ4v) is 3.94. The molecule has 0 radical (unpaired) electrons. The van der Waals surface area contributed by atoms with Crippen molar-refractivity contribution in [3.8, 4) is 0 Å². The summed E-state index contributed by atoms with van der Waals surface area (Å²) >= 11 is 0. The van der Waals surface area contributed by atoms with Crippen LogP contribution in [0.5, 0.6) is 0 Å². The molecule has 0 amide bonds. The third-order valence-electron chi connectivity index (χ3n) is 5.58. The zero-order chi connectivity index (χ0) is 19.0. The van der Waals surface area contributed by atoms with E-state index in [-0.39, 0.29) is 13.2 Å². The number of rotatable bonds is 6. The summed E-state index contributed by atoms with van der Waals surface area (Å²) in [5.74, 6) is 0. The molecule has 0 spiro atoms. The molecule has 4 nitrogen and oxygen atoms in total. The van der Waals surface area contributed by atoms with Crippen molar-refractivity contribution in [2.24, 2.45) is 0 Å². The summed E-state index contributed by atoms with van der Waals surface area (Å²) in [6.07, 6.45) is 0. The first kappa shape index (κ1) is 18.0. The van der Waals surface area contributed by atoms with E-state index in [1.165, 1.54) is 38.1 Å². The number of nitrogens with one attached hydrogen (secondary N) is 1. The standard InChI is InChI=1S/C23H26N2O2/c1-3-25-20-12-11-16-7-4-5-9-18(16)21(20)19-10-6-8-17(22(19)25)13-24-23(2,14-26)15-27/h4-12,24,26-27H,3,13-15H2,1-2H3. The second-order valence-electron chi connectivity index (χ2n) is 7.47. The second-order valence-corrected chi connectivity index (χ2v) is 7.47. The van der Waals surface area contributed by atoms with Crippen LogP contribution in [0.25, 0.3) is 32.6 Å². The normalized spacial score (nSPS) is 12.4. The van der Waals surface area contributed by atoms with Gasteiger partial charge in [0.1, 0.15) is 0 Å². The Morgan fingerprint density at radius 2 is 1.67 bits per heavy atom. The number of aliphatic hydroxyl groups is 2. The van der Waals surface area contributed by atoms with Crippen LogP contribution in [0.2, 0.25) is 0 Å². The van der Waals surface area contributed by atoms with E-state index in [1.807, 2.05) is 6.92 Å². The Morgan fingerprint density at radius 1 is 0.926 bits per heavy atom. The molecular formula is C23H26N2O2. The van der Waals surface area contributed by atoms with Crippen LogP contribution >= 0.6 is 0 Å². The topological polar surface area (TPSA) is 57.4 Å². The van der Waals surface area contributed by atoms with E-state index in [9.17, 15) is 10.2 Å². The number of hydrogen-bond donors (Lipinski definition) is 3. The highest BCUT2D eigenvalue weighted by molar-refractivity contribution is 6.21. The summed E-state index contributed by atoms with van der Waals surface area (Å²) in [6.45, 7) is 5.25. The molecule has 0 aliphatic heterocycles. The molecule has 0 saturated heterocycles. The van der Waals surface area contributed by atoms with Crippen molar-refractivity contribution >= 4 is 32.6 Å². The Labute approximate surface area is 159 Å². The Kier molecular flexibility index (Phi) is 4.64. The minimum Gasteiger partial charge on any atom is -0.394 e. The predicted octanol–water partition coefficient (Wildman–Crippen LogP) is 3.80. The number of fused-ring (bicyclic) bond motifs is 5. The van der Waals surface area contributed by atoms with Gasteiger partial charge in [0.2, 0.25) is 0 Å². The molecule has 0 bridgehead atoms. The molecule has 0 atom stereocenters. The van der Waals surface area contributed by atoms with Crippen LogP contribution in [-0.2, 0) is 13.1 Å². The molecule has 0 aliphatic carbocycles. The van der Waals surface area contributed by atoms with Crippen LogP contribution in [-0.4, -0.2) is 33.5 Å².